The van der Waals surface area contributed by atoms with Crippen LogP contribution in [0.25, 0.3) is 11.3 Å². The second-order valence-corrected chi connectivity index (χ2v) is 9.44. The summed E-state index contributed by atoms with van der Waals surface area (Å²) in [4.78, 5) is 29.0. The number of fused-ring (bicyclic) bond motifs is 1. The van der Waals surface area contributed by atoms with Crippen LogP contribution >= 0.6 is 0 Å². The zero-order valence-corrected chi connectivity index (χ0v) is 20.3. The Morgan fingerprint density at radius 1 is 1.03 bits per heavy atom. The van der Waals surface area contributed by atoms with Gasteiger partial charge in [0.1, 0.15) is 17.1 Å². The summed E-state index contributed by atoms with van der Waals surface area (Å²) in [7, 11) is 0. The van der Waals surface area contributed by atoms with Crippen LogP contribution in [0.4, 0.5) is 26.6 Å². The Kier molecular flexibility index (Phi) is 6.21. The molecule has 0 saturated carbocycles. The second kappa shape index (κ2) is 9.48. The number of ether oxygens (including phenoxy) is 3. The van der Waals surface area contributed by atoms with Gasteiger partial charge in [-0.05, 0) is 51.1 Å². The van der Waals surface area contributed by atoms with Crippen LogP contribution in [0.5, 0.6) is 11.5 Å². The number of pyridine rings is 1. The molecule has 0 aliphatic carbocycles. The highest BCUT2D eigenvalue weighted by molar-refractivity contribution is 5.69. The molecular formula is C25H27FN6O4. The molecule has 2 aliphatic heterocycles. The van der Waals surface area contributed by atoms with E-state index >= 15 is 0 Å². The smallest absolute Gasteiger partial charge is 0.410 e. The molecule has 4 heterocycles. The van der Waals surface area contributed by atoms with Crippen LogP contribution in [0.2, 0.25) is 0 Å². The van der Waals surface area contributed by atoms with E-state index in [-0.39, 0.29) is 24.5 Å². The average molecular weight is 495 g/mol. The third-order valence-electron chi connectivity index (χ3n) is 5.67. The van der Waals surface area contributed by atoms with E-state index in [9.17, 15) is 9.18 Å². The van der Waals surface area contributed by atoms with Gasteiger partial charge in [-0.25, -0.2) is 24.1 Å². The number of carbonyl (C=O) groups excluding carboxylic acids is 1. The number of carbonyl (C=O) groups is 1. The van der Waals surface area contributed by atoms with Gasteiger partial charge in [-0.15, -0.1) is 0 Å². The number of hydrogen-bond donors (Lipinski definition) is 1. The van der Waals surface area contributed by atoms with Crippen molar-refractivity contribution in [2.75, 3.05) is 43.2 Å². The molecule has 0 spiro atoms. The van der Waals surface area contributed by atoms with Gasteiger partial charge in [-0.3, -0.25) is 0 Å². The Hall–Kier alpha value is -4.15. The Morgan fingerprint density at radius 3 is 2.53 bits per heavy atom. The lowest BCUT2D eigenvalue weighted by molar-refractivity contribution is 0.0240. The van der Waals surface area contributed by atoms with Crippen LogP contribution in [0, 0.1) is 5.82 Å². The van der Waals surface area contributed by atoms with Crippen LogP contribution < -0.4 is 19.7 Å². The fourth-order valence-electron chi connectivity index (χ4n) is 3.91. The molecule has 10 nitrogen and oxygen atoms in total. The Labute approximate surface area is 208 Å². The Morgan fingerprint density at radius 2 is 1.81 bits per heavy atom. The lowest BCUT2D eigenvalue weighted by Crippen LogP contribution is -2.50. The first-order valence-corrected chi connectivity index (χ1v) is 11.6. The first kappa shape index (κ1) is 23.6. The molecule has 0 atom stereocenters. The fourth-order valence-corrected chi connectivity index (χ4v) is 3.91. The molecule has 2 aliphatic rings. The highest BCUT2D eigenvalue weighted by atomic mass is 19.1. The summed E-state index contributed by atoms with van der Waals surface area (Å²) in [5.41, 5.74) is 1.12. The predicted molar refractivity (Wildman–Crippen MR) is 131 cm³/mol. The van der Waals surface area contributed by atoms with E-state index in [2.05, 4.69) is 25.2 Å². The van der Waals surface area contributed by atoms with Crippen molar-refractivity contribution in [3.05, 3.63) is 48.5 Å². The van der Waals surface area contributed by atoms with Crippen LogP contribution in [-0.4, -0.2) is 64.5 Å². The topological polar surface area (TPSA) is 102 Å². The van der Waals surface area contributed by atoms with E-state index in [0.29, 0.717) is 49.1 Å². The SMILES string of the molecule is CC(C)(C)OC(=O)N1CCN(c2ccc(Nc3ncc(F)c(-c4ccc5c(c4)OCO5)n3)nc2)CC1. The minimum absolute atomic E-state index is 0.138. The third kappa shape index (κ3) is 5.24. The molecule has 1 amide bonds. The average Bonchev–Trinajstić information content (AvgIpc) is 3.33. The number of rotatable bonds is 4. The number of piperazine rings is 1. The van der Waals surface area contributed by atoms with Gasteiger partial charge in [0.05, 0.1) is 18.1 Å². The Balaban J connectivity index is 1.22. The zero-order chi connectivity index (χ0) is 25.3. The van der Waals surface area contributed by atoms with Crippen molar-refractivity contribution < 1.29 is 23.4 Å². The largest absolute Gasteiger partial charge is 0.454 e. The maximum absolute atomic E-state index is 14.5. The fraction of sp³-hybridized carbons (Fsp3) is 0.360. The number of aromatic nitrogens is 3. The maximum Gasteiger partial charge on any atom is 0.410 e. The molecule has 0 unspecified atom stereocenters. The van der Waals surface area contributed by atoms with Crippen molar-refractivity contribution >= 4 is 23.5 Å². The normalized spacial score (nSPS) is 15.1. The van der Waals surface area contributed by atoms with Crippen molar-refractivity contribution in [3.8, 4) is 22.8 Å². The molecular weight excluding hydrogens is 467 g/mol. The summed E-state index contributed by atoms with van der Waals surface area (Å²) in [6.07, 6.45) is 2.57. The molecule has 0 bridgehead atoms. The number of hydrogen-bond acceptors (Lipinski definition) is 9. The van der Waals surface area contributed by atoms with Crippen molar-refractivity contribution in [2.45, 2.75) is 26.4 Å². The molecule has 5 rings (SSSR count). The summed E-state index contributed by atoms with van der Waals surface area (Å²) in [6, 6.07) is 8.87. The first-order chi connectivity index (χ1) is 17.2. The summed E-state index contributed by atoms with van der Waals surface area (Å²) in [6.45, 7) is 8.20. The van der Waals surface area contributed by atoms with Crippen molar-refractivity contribution in [2.24, 2.45) is 0 Å². The van der Waals surface area contributed by atoms with Crippen LogP contribution in [0.15, 0.2) is 42.7 Å². The molecule has 0 radical (unpaired) electrons. The number of halogens is 1. The van der Waals surface area contributed by atoms with Gasteiger partial charge in [-0.2, -0.15) is 0 Å². The van der Waals surface area contributed by atoms with E-state index in [0.717, 1.165) is 11.9 Å². The summed E-state index contributed by atoms with van der Waals surface area (Å²) >= 11 is 0. The molecule has 3 aromatic rings. The first-order valence-electron chi connectivity index (χ1n) is 11.6. The van der Waals surface area contributed by atoms with Crippen LogP contribution in [-0.2, 0) is 4.74 Å². The lowest BCUT2D eigenvalue weighted by atomic mass is 10.1. The number of benzene rings is 1. The second-order valence-electron chi connectivity index (χ2n) is 9.44. The van der Waals surface area contributed by atoms with Gasteiger partial charge in [0, 0.05) is 31.7 Å². The van der Waals surface area contributed by atoms with Gasteiger partial charge in [0.25, 0.3) is 0 Å². The van der Waals surface area contributed by atoms with Crippen molar-refractivity contribution in [3.63, 3.8) is 0 Å². The minimum Gasteiger partial charge on any atom is -0.454 e. The minimum atomic E-state index is -0.548. The zero-order valence-electron chi connectivity index (χ0n) is 20.3. The van der Waals surface area contributed by atoms with Gasteiger partial charge in [0.2, 0.25) is 12.7 Å². The van der Waals surface area contributed by atoms with Gasteiger partial charge in [-0.1, -0.05) is 0 Å². The van der Waals surface area contributed by atoms with E-state index < -0.39 is 11.4 Å². The summed E-state index contributed by atoms with van der Waals surface area (Å²) in [5, 5.41) is 3.02. The molecule has 1 N–H and O–H groups in total. The number of amides is 1. The molecule has 36 heavy (non-hydrogen) atoms. The standard InChI is InChI=1S/C25H27FN6O4/c1-25(2,3)36-24(33)32-10-8-31(9-11-32)17-5-7-21(27-13-17)29-23-28-14-18(26)22(30-23)16-4-6-19-20(12-16)35-15-34-19/h4-7,12-14H,8-11,15H2,1-3H3,(H,27,28,29,30). The van der Waals surface area contributed by atoms with E-state index in [1.54, 1.807) is 29.3 Å². The van der Waals surface area contributed by atoms with Crippen molar-refractivity contribution in [1.82, 2.24) is 19.9 Å². The molecule has 1 saturated heterocycles. The van der Waals surface area contributed by atoms with E-state index in [4.69, 9.17) is 14.2 Å². The maximum atomic E-state index is 14.5. The highest BCUT2D eigenvalue weighted by Gasteiger charge is 2.26. The number of anilines is 3. The molecule has 2 aromatic heterocycles. The van der Waals surface area contributed by atoms with Crippen LogP contribution in [0.1, 0.15) is 20.8 Å². The monoisotopic (exact) mass is 494 g/mol. The number of nitrogens with zero attached hydrogens (tertiary/aromatic N) is 5. The van der Waals surface area contributed by atoms with Gasteiger partial charge >= 0.3 is 6.09 Å². The molecule has 11 heteroatoms. The molecule has 188 valence electrons. The van der Waals surface area contributed by atoms with Crippen molar-refractivity contribution in [1.29, 1.82) is 0 Å². The van der Waals surface area contributed by atoms with E-state index in [1.807, 2.05) is 32.9 Å². The predicted octanol–water partition coefficient (Wildman–Crippen LogP) is 4.21. The third-order valence-corrected chi connectivity index (χ3v) is 5.67. The van der Waals surface area contributed by atoms with Gasteiger partial charge < -0.3 is 29.3 Å². The lowest BCUT2D eigenvalue weighted by Gasteiger charge is -2.36. The highest BCUT2D eigenvalue weighted by Crippen LogP contribution is 2.36. The van der Waals surface area contributed by atoms with Crippen LogP contribution in [0.3, 0.4) is 0 Å². The summed E-state index contributed by atoms with van der Waals surface area (Å²) < 4.78 is 30.6. The van der Waals surface area contributed by atoms with Gasteiger partial charge in [0.15, 0.2) is 17.3 Å². The molecule has 1 aromatic carbocycles. The quantitative estimate of drug-likeness (QED) is 0.571. The Bertz CT molecular complexity index is 1260. The molecule has 1 fully saturated rings. The summed E-state index contributed by atoms with van der Waals surface area (Å²) in [5.74, 6) is 1.35. The van der Waals surface area contributed by atoms with E-state index in [1.165, 1.54) is 0 Å². The number of nitrogens with one attached hydrogen (secondary N) is 1.